The summed E-state index contributed by atoms with van der Waals surface area (Å²) >= 11 is 0. The Bertz CT molecular complexity index is 970. The molecule has 5 nitrogen and oxygen atoms in total. The van der Waals surface area contributed by atoms with Gasteiger partial charge in [-0.15, -0.1) is 0 Å². The molecule has 0 saturated heterocycles. The Morgan fingerprint density at radius 2 is 1.69 bits per heavy atom. The highest BCUT2D eigenvalue weighted by Crippen LogP contribution is 2.28. The van der Waals surface area contributed by atoms with Gasteiger partial charge in [-0.25, -0.2) is 0 Å². The van der Waals surface area contributed by atoms with Crippen molar-refractivity contribution in [1.82, 2.24) is 4.90 Å². The van der Waals surface area contributed by atoms with Crippen LogP contribution in [0, 0.1) is 0 Å². The van der Waals surface area contributed by atoms with Crippen molar-refractivity contribution in [2.45, 2.75) is 20.4 Å². The first-order valence-electron chi connectivity index (χ1n) is 9.83. The topological polar surface area (TPSA) is 48.0 Å². The molecule has 3 rings (SSSR count). The third-order valence-corrected chi connectivity index (χ3v) is 4.72. The zero-order chi connectivity index (χ0) is 20.6. The third kappa shape index (κ3) is 5.19. The molecule has 152 valence electrons. The molecule has 0 aliphatic heterocycles. The van der Waals surface area contributed by atoms with Crippen molar-refractivity contribution < 1.29 is 19.0 Å². The summed E-state index contributed by atoms with van der Waals surface area (Å²) in [5, 5.41) is 2.23. The molecule has 0 heterocycles. The molecule has 0 aromatic heterocycles. The van der Waals surface area contributed by atoms with Gasteiger partial charge in [0.15, 0.2) is 18.1 Å². The SMILES string of the molecule is CCOc1ccc(CN(CC)C(=O)COc2ccc3ccccc3c2)cc1OC. The van der Waals surface area contributed by atoms with E-state index in [1.807, 2.05) is 74.5 Å². The van der Waals surface area contributed by atoms with Crippen molar-refractivity contribution in [2.24, 2.45) is 0 Å². The number of ether oxygens (including phenoxy) is 3. The number of benzene rings is 3. The summed E-state index contributed by atoms with van der Waals surface area (Å²) in [4.78, 5) is 14.4. The lowest BCUT2D eigenvalue weighted by atomic mass is 10.1. The van der Waals surface area contributed by atoms with Crippen molar-refractivity contribution in [3.63, 3.8) is 0 Å². The Labute approximate surface area is 171 Å². The molecular formula is C24H27NO4. The second-order valence-electron chi connectivity index (χ2n) is 6.62. The van der Waals surface area contributed by atoms with Crippen molar-refractivity contribution in [3.05, 3.63) is 66.2 Å². The number of hydrogen-bond acceptors (Lipinski definition) is 4. The first-order valence-corrected chi connectivity index (χ1v) is 9.83. The van der Waals surface area contributed by atoms with E-state index in [0.717, 1.165) is 16.3 Å². The van der Waals surface area contributed by atoms with Crippen LogP contribution < -0.4 is 14.2 Å². The largest absolute Gasteiger partial charge is 0.493 e. The minimum absolute atomic E-state index is 0.000342. The fourth-order valence-electron chi connectivity index (χ4n) is 3.18. The fraction of sp³-hybridized carbons (Fsp3) is 0.292. The van der Waals surface area contributed by atoms with Gasteiger partial charge in [0, 0.05) is 13.1 Å². The van der Waals surface area contributed by atoms with Gasteiger partial charge in [-0.3, -0.25) is 4.79 Å². The zero-order valence-electron chi connectivity index (χ0n) is 17.2. The Hall–Kier alpha value is -3.21. The van der Waals surface area contributed by atoms with Crippen LogP contribution in [-0.4, -0.2) is 37.7 Å². The smallest absolute Gasteiger partial charge is 0.260 e. The van der Waals surface area contributed by atoms with Crippen LogP contribution in [0.15, 0.2) is 60.7 Å². The lowest BCUT2D eigenvalue weighted by Crippen LogP contribution is -2.34. The molecule has 0 spiro atoms. The molecule has 0 unspecified atom stereocenters. The molecule has 0 bridgehead atoms. The number of nitrogens with zero attached hydrogens (tertiary/aromatic N) is 1. The monoisotopic (exact) mass is 393 g/mol. The number of carbonyl (C=O) groups excluding carboxylic acids is 1. The first-order chi connectivity index (χ1) is 14.1. The zero-order valence-corrected chi connectivity index (χ0v) is 17.2. The second-order valence-corrected chi connectivity index (χ2v) is 6.62. The second kappa shape index (κ2) is 9.82. The molecule has 3 aromatic carbocycles. The number of likely N-dealkylation sites (N-methyl/N-ethyl adjacent to an activating group) is 1. The van der Waals surface area contributed by atoms with Gasteiger partial charge in [-0.1, -0.05) is 36.4 Å². The van der Waals surface area contributed by atoms with Crippen LogP contribution in [0.4, 0.5) is 0 Å². The van der Waals surface area contributed by atoms with E-state index < -0.39 is 0 Å². The number of fused-ring (bicyclic) bond motifs is 1. The van der Waals surface area contributed by atoms with Gasteiger partial charge in [0.2, 0.25) is 0 Å². The van der Waals surface area contributed by atoms with E-state index in [-0.39, 0.29) is 12.5 Å². The summed E-state index contributed by atoms with van der Waals surface area (Å²) in [7, 11) is 1.61. The molecule has 0 saturated carbocycles. The fourth-order valence-corrected chi connectivity index (χ4v) is 3.18. The maximum absolute atomic E-state index is 12.7. The average Bonchev–Trinajstić information content (AvgIpc) is 2.76. The van der Waals surface area contributed by atoms with Crippen molar-refractivity contribution in [1.29, 1.82) is 0 Å². The highest BCUT2D eigenvalue weighted by Gasteiger charge is 2.15. The van der Waals surface area contributed by atoms with Gasteiger partial charge in [-0.05, 0) is 54.4 Å². The number of hydrogen-bond donors (Lipinski definition) is 0. The van der Waals surface area contributed by atoms with Crippen LogP contribution in [0.2, 0.25) is 0 Å². The molecule has 29 heavy (non-hydrogen) atoms. The molecule has 0 aliphatic carbocycles. The standard InChI is InChI=1S/C24H27NO4/c1-4-25(16-18-10-13-22(28-5-2)23(14-18)27-3)24(26)17-29-21-12-11-19-8-6-7-9-20(19)15-21/h6-15H,4-5,16-17H2,1-3H3. The van der Waals surface area contributed by atoms with E-state index in [0.29, 0.717) is 36.9 Å². The lowest BCUT2D eigenvalue weighted by Gasteiger charge is -2.22. The minimum Gasteiger partial charge on any atom is -0.493 e. The predicted molar refractivity (Wildman–Crippen MR) is 115 cm³/mol. The van der Waals surface area contributed by atoms with E-state index in [4.69, 9.17) is 14.2 Å². The Balaban J connectivity index is 1.63. The minimum atomic E-state index is -0.0616. The van der Waals surface area contributed by atoms with E-state index in [1.165, 1.54) is 0 Å². The van der Waals surface area contributed by atoms with Crippen molar-refractivity contribution in [3.8, 4) is 17.2 Å². The van der Waals surface area contributed by atoms with Gasteiger partial charge in [0.1, 0.15) is 5.75 Å². The number of rotatable bonds is 9. The van der Waals surface area contributed by atoms with Crippen LogP contribution in [0.3, 0.4) is 0 Å². The number of methoxy groups -OCH3 is 1. The highest BCUT2D eigenvalue weighted by molar-refractivity contribution is 5.84. The van der Waals surface area contributed by atoms with Crippen LogP contribution in [0.5, 0.6) is 17.2 Å². The molecular weight excluding hydrogens is 366 g/mol. The Morgan fingerprint density at radius 3 is 2.41 bits per heavy atom. The highest BCUT2D eigenvalue weighted by atomic mass is 16.5. The molecule has 0 N–H and O–H groups in total. The first kappa shape index (κ1) is 20.5. The average molecular weight is 393 g/mol. The summed E-state index contributed by atoms with van der Waals surface area (Å²) in [5.41, 5.74) is 0.978. The normalized spacial score (nSPS) is 10.6. The van der Waals surface area contributed by atoms with E-state index in [9.17, 15) is 4.79 Å². The maximum Gasteiger partial charge on any atom is 0.260 e. The maximum atomic E-state index is 12.7. The molecule has 0 aliphatic rings. The Morgan fingerprint density at radius 1 is 0.897 bits per heavy atom. The van der Waals surface area contributed by atoms with E-state index >= 15 is 0 Å². The molecule has 0 radical (unpaired) electrons. The third-order valence-electron chi connectivity index (χ3n) is 4.72. The summed E-state index contributed by atoms with van der Waals surface area (Å²) in [6, 6.07) is 19.6. The molecule has 0 fully saturated rings. The van der Waals surface area contributed by atoms with Gasteiger partial charge in [-0.2, -0.15) is 0 Å². The van der Waals surface area contributed by atoms with Gasteiger partial charge < -0.3 is 19.1 Å². The molecule has 1 amide bonds. The summed E-state index contributed by atoms with van der Waals surface area (Å²) in [5.74, 6) is 2.00. The molecule has 5 heteroatoms. The van der Waals surface area contributed by atoms with E-state index in [1.54, 1.807) is 12.0 Å². The van der Waals surface area contributed by atoms with Crippen LogP contribution in [-0.2, 0) is 11.3 Å². The molecule has 0 atom stereocenters. The lowest BCUT2D eigenvalue weighted by molar-refractivity contribution is -0.133. The van der Waals surface area contributed by atoms with Gasteiger partial charge in [0.05, 0.1) is 13.7 Å². The predicted octanol–water partition coefficient (Wildman–Crippen LogP) is 4.67. The number of amides is 1. The van der Waals surface area contributed by atoms with Crippen LogP contribution in [0.1, 0.15) is 19.4 Å². The van der Waals surface area contributed by atoms with E-state index in [2.05, 4.69) is 0 Å². The van der Waals surface area contributed by atoms with Gasteiger partial charge in [0.25, 0.3) is 5.91 Å². The Kier molecular flexibility index (Phi) is 6.95. The van der Waals surface area contributed by atoms with Crippen LogP contribution >= 0.6 is 0 Å². The quantitative estimate of drug-likeness (QED) is 0.530. The summed E-state index contributed by atoms with van der Waals surface area (Å²) < 4.78 is 16.7. The van der Waals surface area contributed by atoms with Crippen molar-refractivity contribution in [2.75, 3.05) is 26.9 Å². The van der Waals surface area contributed by atoms with Crippen molar-refractivity contribution >= 4 is 16.7 Å². The van der Waals surface area contributed by atoms with Gasteiger partial charge >= 0.3 is 0 Å². The molecule has 3 aromatic rings. The van der Waals surface area contributed by atoms with Crippen LogP contribution in [0.25, 0.3) is 10.8 Å². The summed E-state index contributed by atoms with van der Waals surface area (Å²) in [6.45, 7) is 5.54. The summed E-state index contributed by atoms with van der Waals surface area (Å²) in [6.07, 6.45) is 0. The number of carbonyl (C=O) groups is 1.